The predicted molar refractivity (Wildman–Crippen MR) is 89.5 cm³/mol. The van der Waals surface area contributed by atoms with Crippen LogP contribution in [0.3, 0.4) is 0 Å². The van der Waals surface area contributed by atoms with Crippen molar-refractivity contribution in [1.29, 1.82) is 0 Å². The monoisotopic (exact) mass is 335 g/mol. The maximum atomic E-state index is 6.04. The number of hydrogen-bond donors (Lipinski definition) is 1. The SMILES string of the molecule is CCC(C)NCC(C)Oc1ccc2ccccc2c1Br. The van der Waals surface area contributed by atoms with E-state index in [9.17, 15) is 0 Å². The molecule has 20 heavy (non-hydrogen) atoms. The Hall–Kier alpha value is -1.06. The van der Waals surface area contributed by atoms with Gasteiger partial charge in [-0.3, -0.25) is 0 Å². The van der Waals surface area contributed by atoms with Crippen LogP contribution in [0, 0.1) is 0 Å². The molecule has 0 saturated carbocycles. The fourth-order valence-electron chi connectivity index (χ4n) is 2.07. The van der Waals surface area contributed by atoms with Crippen molar-refractivity contribution in [3.8, 4) is 5.75 Å². The Kier molecular flexibility index (Phi) is 5.44. The number of fused-ring (bicyclic) bond motifs is 1. The van der Waals surface area contributed by atoms with Gasteiger partial charge in [-0.2, -0.15) is 0 Å². The Bertz CT molecular complexity index is 570. The van der Waals surface area contributed by atoms with Crippen molar-refractivity contribution in [1.82, 2.24) is 5.32 Å². The topological polar surface area (TPSA) is 21.3 Å². The summed E-state index contributed by atoms with van der Waals surface area (Å²) in [6, 6.07) is 13.0. The largest absolute Gasteiger partial charge is 0.488 e. The highest BCUT2D eigenvalue weighted by Crippen LogP contribution is 2.33. The highest BCUT2D eigenvalue weighted by molar-refractivity contribution is 9.10. The van der Waals surface area contributed by atoms with E-state index >= 15 is 0 Å². The molecule has 3 heteroatoms. The summed E-state index contributed by atoms with van der Waals surface area (Å²) in [4.78, 5) is 0. The fraction of sp³-hybridized carbons (Fsp3) is 0.412. The van der Waals surface area contributed by atoms with Crippen LogP contribution in [0.25, 0.3) is 10.8 Å². The van der Waals surface area contributed by atoms with Crippen LogP contribution in [0.4, 0.5) is 0 Å². The van der Waals surface area contributed by atoms with Crippen molar-refractivity contribution in [2.24, 2.45) is 0 Å². The summed E-state index contributed by atoms with van der Waals surface area (Å²) in [6.07, 6.45) is 1.27. The number of rotatable bonds is 6. The summed E-state index contributed by atoms with van der Waals surface area (Å²) in [5.41, 5.74) is 0. The Morgan fingerprint density at radius 2 is 1.90 bits per heavy atom. The molecule has 1 N–H and O–H groups in total. The Balaban J connectivity index is 2.08. The molecule has 2 atom stereocenters. The normalized spacial score (nSPS) is 14.2. The predicted octanol–water partition coefficient (Wildman–Crippen LogP) is 4.76. The van der Waals surface area contributed by atoms with Gasteiger partial charge in [-0.25, -0.2) is 0 Å². The van der Waals surface area contributed by atoms with Gasteiger partial charge in [0, 0.05) is 12.6 Å². The van der Waals surface area contributed by atoms with Gasteiger partial charge in [-0.05, 0) is 53.0 Å². The molecule has 0 saturated heterocycles. The maximum absolute atomic E-state index is 6.04. The molecular weight excluding hydrogens is 314 g/mol. The first-order chi connectivity index (χ1) is 9.61. The quantitative estimate of drug-likeness (QED) is 0.821. The van der Waals surface area contributed by atoms with Gasteiger partial charge in [0.2, 0.25) is 0 Å². The molecule has 0 radical (unpaired) electrons. The van der Waals surface area contributed by atoms with Crippen LogP contribution in [0.1, 0.15) is 27.2 Å². The lowest BCUT2D eigenvalue weighted by Gasteiger charge is -2.19. The lowest BCUT2D eigenvalue weighted by atomic mass is 10.1. The van der Waals surface area contributed by atoms with Gasteiger partial charge >= 0.3 is 0 Å². The van der Waals surface area contributed by atoms with E-state index in [1.807, 2.05) is 18.2 Å². The number of benzene rings is 2. The van der Waals surface area contributed by atoms with Gasteiger partial charge < -0.3 is 10.1 Å². The molecule has 0 fully saturated rings. The zero-order valence-electron chi connectivity index (χ0n) is 12.3. The summed E-state index contributed by atoms with van der Waals surface area (Å²) in [5.74, 6) is 0.905. The van der Waals surface area contributed by atoms with Gasteiger partial charge in [-0.15, -0.1) is 0 Å². The Morgan fingerprint density at radius 3 is 2.65 bits per heavy atom. The fourth-order valence-corrected chi connectivity index (χ4v) is 2.66. The van der Waals surface area contributed by atoms with E-state index in [0.29, 0.717) is 6.04 Å². The zero-order valence-corrected chi connectivity index (χ0v) is 13.9. The summed E-state index contributed by atoms with van der Waals surface area (Å²) in [6.45, 7) is 7.33. The van der Waals surface area contributed by atoms with E-state index in [1.165, 1.54) is 10.8 Å². The number of halogens is 1. The average Bonchev–Trinajstić information content (AvgIpc) is 2.48. The minimum absolute atomic E-state index is 0.140. The van der Waals surface area contributed by atoms with E-state index in [0.717, 1.165) is 23.2 Å². The van der Waals surface area contributed by atoms with Crippen molar-refractivity contribution < 1.29 is 4.74 Å². The Morgan fingerprint density at radius 1 is 1.15 bits per heavy atom. The molecule has 2 rings (SSSR count). The number of ether oxygens (including phenoxy) is 1. The maximum Gasteiger partial charge on any atom is 0.134 e. The highest BCUT2D eigenvalue weighted by Gasteiger charge is 2.10. The van der Waals surface area contributed by atoms with Crippen LogP contribution in [-0.2, 0) is 0 Å². The highest BCUT2D eigenvalue weighted by atomic mass is 79.9. The molecule has 108 valence electrons. The summed E-state index contributed by atoms with van der Waals surface area (Å²) in [5, 5.41) is 5.88. The molecule has 0 bridgehead atoms. The van der Waals surface area contributed by atoms with Crippen LogP contribution in [0.5, 0.6) is 5.75 Å². The molecule has 2 aromatic carbocycles. The lowest BCUT2D eigenvalue weighted by Crippen LogP contribution is -2.34. The van der Waals surface area contributed by atoms with Crippen LogP contribution in [0.2, 0.25) is 0 Å². The van der Waals surface area contributed by atoms with Crippen molar-refractivity contribution in [2.75, 3.05) is 6.54 Å². The van der Waals surface area contributed by atoms with Crippen molar-refractivity contribution >= 4 is 26.7 Å². The van der Waals surface area contributed by atoms with E-state index in [2.05, 4.69) is 60.2 Å². The number of hydrogen-bond acceptors (Lipinski definition) is 2. The molecule has 2 aromatic rings. The molecule has 0 aliphatic carbocycles. The first-order valence-corrected chi connectivity index (χ1v) is 7.98. The van der Waals surface area contributed by atoms with Crippen molar-refractivity contribution in [2.45, 2.75) is 39.3 Å². The average molecular weight is 336 g/mol. The first kappa shape index (κ1) is 15.3. The molecule has 0 aliphatic rings. The molecule has 2 unspecified atom stereocenters. The second-order valence-corrected chi connectivity index (χ2v) is 6.04. The van der Waals surface area contributed by atoms with E-state index in [-0.39, 0.29) is 6.10 Å². The first-order valence-electron chi connectivity index (χ1n) is 7.19. The molecular formula is C17H22BrNO. The van der Waals surface area contributed by atoms with E-state index in [1.54, 1.807) is 0 Å². The van der Waals surface area contributed by atoms with E-state index < -0.39 is 0 Å². The van der Waals surface area contributed by atoms with Crippen LogP contribution in [0.15, 0.2) is 40.9 Å². The van der Waals surface area contributed by atoms with Crippen LogP contribution in [-0.4, -0.2) is 18.7 Å². The van der Waals surface area contributed by atoms with Gasteiger partial charge in [0.05, 0.1) is 4.47 Å². The van der Waals surface area contributed by atoms with Crippen molar-refractivity contribution in [3.05, 3.63) is 40.9 Å². The number of nitrogens with one attached hydrogen (secondary N) is 1. The summed E-state index contributed by atoms with van der Waals surface area (Å²) >= 11 is 3.66. The minimum atomic E-state index is 0.140. The third-order valence-electron chi connectivity index (χ3n) is 3.52. The van der Waals surface area contributed by atoms with Gasteiger partial charge in [0.15, 0.2) is 0 Å². The minimum Gasteiger partial charge on any atom is -0.488 e. The molecule has 2 nitrogen and oxygen atoms in total. The molecule has 0 amide bonds. The van der Waals surface area contributed by atoms with Crippen LogP contribution < -0.4 is 10.1 Å². The molecule has 0 aromatic heterocycles. The smallest absolute Gasteiger partial charge is 0.134 e. The lowest BCUT2D eigenvalue weighted by molar-refractivity contribution is 0.211. The Labute approximate surface area is 129 Å². The summed E-state index contributed by atoms with van der Waals surface area (Å²) < 4.78 is 7.07. The second-order valence-electron chi connectivity index (χ2n) is 5.24. The summed E-state index contributed by atoms with van der Waals surface area (Å²) in [7, 11) is 0. The van der Waals surface area contributed by atoms with Crippen LogP contribution >= 0.6 is 15.9 Å². The third-order valence-corrected chi connectivity index (χ3v) is 4.34. The molecule has 0 aliphatic heterocycles. The van der Waals surface area contributed by atoms with Gasteiger partial charge in [0.25, 0.3) is 0 Å². The van der Waals surface area contributed by atoms with E-state index in [4.69, 9.17) is 4.74 Å². The third kappa shape index (κ3) is 3.74. The van der Waals surface area contributed by atoms with Gasteiger partial charge in [0.1, 0.15) is 11.9 Å². The molecule has 0 spiro atoms. The van der Waals surface area contributed by atoms with Crippen molar-refractivity contribution in [3.63, 3.8) is 0 Å². The standard InChI is InChI=1S/C17H22BrNO/c1-4-12(2)19-11-13(3)20-16-10-9-14-7-5-6-8-15(14)17(16)18/h5-10,12-13,19H,4,11H2,1-3H3. The zero-order chi connectivity index (χ0) is 14.5. The molecule has 0 heterocycles. The van der Waals surface area contributed by atoms with Gasteiger partial charge in [-0.1, -0.05) is 37.3 Å². The second kappa shape index (κ2) is 7.09.